The third kappa shape index (κ3) is 8.20. The number of cyclic esters (lactones) is 1. The fourth-order valence-electron chi connectivity index (χ4n) is 4.07. The van der Waals surface area contributed by atoms with Gasteiger partial charge in [0.1, 0.15) is 6.61 Å². The van der Waals surface area contributed by atoms with Crippen LogP contribution in [0.5, 0.6) is 0 Å². The average molecular weight is 402 g/mol. The first kappa shape index (κ1) is 23.4. The predicted molar refractivity (Wildman–Crippen MR) is 118 cm³/mol. The molecule has 1 saturated heterocycles. The predicted octanol–water partition coefficient (Wildman–Crippen LogP) is 6.52. The molecule has 0 unspecified atom stereocenters. The minimum Gasteiger partial charge on any atom is -0.447 e. The van der Waals surface area contributed by atoms with Crippen LogP contribution in [-0.2, 0) is 16.0 Å². The van der Waals surface area contributed by atoms with E-state index in [4.69, 9.17) is 4.74 Å². The van der Waals surface area contributed by atoms with E-state index in [1.165, 1.54) is 62.7 Å². The van der Waals surface area contributed by atoms with Gasteiger partial charge < -0.3 is 4.74 Å². The summed E-state index contributed by atoms with van der Waals surface area (Å²) in [5.41, 5.74) is 1.12. The van der Waals surface area contributed by atoms with E-state index in [0.717, 1.165) is 18.4 Å². The van der Waals surface area contributed by atoms with Crippen LogP contribution in [-0.4, -0.2) is 29.5 Å². The normalized spacial score (nSPS) is 17.4. The Morgan fingerprint density at radius 3 is 2.21 bits per heavy atom. The number of hydrogen-bond donors (Lipinski definition) is 0. The molecule has 1 aliphatic heterocycles. The first-order valence-electron chi connectivity index (χ1n) is 11.7. The van der Waals surface area contributed by atoms with Gasteiger partial charge in [0.15, 0.2) is 0 Å². The van der Waals surface area contributed by atoms with Crippen molar-refractivity contribution in [2.45, 2.75) is 96.9 Å². The highest BCUT2D eigenvalue weighted by Crippen LogP contribution is 2.22. The molecule has 0 saturated carbocycles. The van der Waals surface area contributed by atoms with Crippen molar-refractivity contribution in [2.24, 2.45) is 5.92 Å². The first-order valence-corrected chi connectivity index (χ1v) is 11.7. The molecule has 1 aromatic rings. The van der Waals surface area contributed by atoms with Crippen LogP contribution in [0.2, 0.25) is 0 Å². The van der Waals surface area contributed by atoms with Crippen LogP contribution in [0.4, 0.5) is 4.79 Å². The minimum atomic E-state index is -0.481. The van der Waals surface area contributed by atoms with Crippen LogP contribution in [0.1, 0.15) is 90.0 Å². The third-order valence-electron chi connectivity index (χ3n) is 5.92. The van der Waals surface area contributed by atoms with Crippen molar-refractivity contribution in [3.05, 3.63) is 35.9 Å². The maximum absolute atomic E-state index is 12.9. The third-order valence-corrected chi connectivity index (χ3v) is 5.92. The van der Waals surface area contributed by atoms with Gasteiger partial charge in [-0.25, -0.2) is 9.69 Å². The molecule has 0 aliphatic carbocycles. The zero-order valence-corrected chi connectivity index (χ0v) is 18.4. The number of hydrogen-bond acceptors (Lipinski definition) is 3. The van der Waals surface area contributed by atoms with E-state index in [1.807, 2.05) is 37.3 Å². The molecule has 0 spiro atoms. The molecular weight excluding hydrogens is 362 g/mol. The van der Waals surface area contributed by atoms with Crippen molar-refractivity contribution >= 4 is 12.0 Å². The monoisotopic (exact) mass is 401 g/mol. The molecule has 162 valence electrons. The van der Waals surface area contributed by atoms with Crippen molar-refractivity contribution in [2.75, 3.05) is 6.61 Å². The smallest absolute Gasteiger partial charge is 0.416 e. The van der Waals surface area contributed by atoms with Crippen molar-refractivity contribution in [3.8, 4) is 0 Å². The molecule has 2 amide bonds. The summed E-state index contributed by atoms with van der Waals surface area (Å²) < 4.78 is 5.19. The molecule has 29 heavy (non-hydrogen) atoms. The second-order valence-corrected chi connectivity index (χ2v) is 8.50. The Bertz CT molecular complexity index is 601. The van der Waals surface area contributed by atoms with E-state index < -0.39 is 6.09 Å². The standard InChI is InChI=1S/C25H39NO3/c1-3-4-5-6-7-8-9-10-11-13-16-21(2)24(27)26-23(20-29-25(26)28)19-22-17-14-12-15-18-22/h12,14-15,17-18,21,23H,3-11,13,16,19-20H2,1-2H3/t21-,23-/m0/s1. The zero-order valence-electron chi connectivity index (χ0n) is 18.4. The Hall–Kier alpha value is -1.84. The molecule has 2 atom stereocenters. The number of imide groups is 1. The Labute approximate surface area is 177 Å². The van der Waals surface area contributed by atoms with E-state index in [9.17, 15) is 9.59 Å². The van der Waals surface area contributed by atoms with Gasteiger partial charge in [-0.1, -0.05) is 108 Å². The maximum Gasteiger partial charge on any atom is 0.416 e. The van der Waals surface area contributed by atoms with Gasteiger partial charge in [0, 0.05) is 5.92 Å². The zero-order chi connectivity index (χ0) is 20.9. The second-order valence-electron chi connectivity index (χ2n) is 8.50. The van der Waals surface area contributed by atoms with Gasteiger partial charge in [-0.15, -0.1) is 0 Å². The van der Waals surface area contributed by atoms with Gasteiger partial charge in [0.05, 0.1) is 6.04 Å². The molecule has 2 rings (SSSR count). The summed E-state index contributed by atoms with van der Waals surface area (Å²) in [6.45, 7) is 4.49. The van der Waals surface area contributed by atoms with Gasteiger partial charge in [-0.3, -0.25) is 4.79 Å². The lowest BCUT2D eigenvalue weighted by Crippen LogP contribution is -2.43. The number of carbonyl (C=O) groups is 2. The first-order chi connectivity index (χ1) is 14.1. The molecule has 1 fully saturated rings. The van der Waals surface area contributed by atoms with Crippen molar-refractivity contribution in [3.63, 3.8) is 0 Å². The molecule has 0 bridgehead atoms. The summed E-state index contributed by atoms with van der Waals surface area (Å²) in [5.74, 6) is -0.211. The highest BCUT2D eigenvalue weighted by Gasteiger charge is 2.39. The number of nitrogens with zero attached hydrogens (tertiary/aromatic N) is 1. The number of ether oxygens (including phenoxy) is 1. The summed E-state index contributed by atoms with van der Waals surface area (Å²) in [6, 6.07) is 9.79. The molecule has 4 heteroatoms. The van der Waals surface area contributed by atoms with Crippen LogP contribution < -0.4 is 0 Å². The quantitative estimate of drug-likeness (QED) is 0.333. The molecule has 0 aromatic heterocycles. The fraction of sp³-hybridized carbons (Fsp3) is 0.680. The summed E-state index contributed by atoms with van der Waals surface area (Å²) in [7, 11) is 0. The van der Waals surface area contributed by atoms with Crippen LogP contribution in [0, 0.1) is 5.92 Å². The Morgan fingerprint density at radius 2 is 1.59 bits per heavy atom. The minimum absolute atomic E-state index is 0.0793. The average Bonchev–Trinajstić information content (AvgIpc) is 3.09. The molecule has 1 aliphatic rings. The van der Waals surface area contributed by atoms with Crippen LogP contribution in [0.3, 0.4) is 0 Å². The fourth-order valence-corrected chi connectivity index (χ4v) is 4.07. The molecule has 0 radical (unpaired) electrons. The summed E-state index contributed by atoms with van der Waals surface area (Å²) in [5, 5.41) is 0. The SMILES string of the molecule is CCCCCCCCCCCC[C@H](C)C(=O)N1C(=O)OC[C@@H]1Cc1ccccc1. The van der Waals surface area contributed by atoms with Crippen molar-refractivity contribution in [1.82, 2.24) is 4.90 Å². The van der Waals surface area contributed by atoms with Gasteiger partial charge in [0.25, 0.3) is 0 Å². The number of unbranched alkanes of at least 4 members (excludes halogenated alkanes) is 9. The molecule has 0 N–H and O–H groups in total. The molecule has 4 nitrogen and oxygen atoms in total. The van der Waals surface area contributed by atoms with Crippen LogP contribution in [0.15, 0.2) is 30.3 Å². The topological polar surface area (TPSA) is 46.6 Å². The molecule has 1 heterocycles. The van der Waals surface area contributed by atoms with Crippen molar-refractivity contribution in [1.29, 1.82) is 0 Å². The number of carbonyl (C=O) groups excluding carboxylic acids is 2. The highest BCUT2D eigenvalue weighted by atomic mass is 16.6. The summed E-state index contributed by atoms with van der Waals surface area (Å²) in [6.07, 6.45) is 13.9. The van der Waals surface area contributed by atoms with E-state index in [2.05, 4.69) is 6.92 Å². The van der Waals surface area contributed by atoms with Gasteiger partial charge in [0.2, 0.25) is 5.91 Å². The van der Waals surface area contributed by atoms with E-state index in [-0.39, 0.29) is 17.9 Å². The Morgan fingerprint density at radius 1 is 1.00 bits per heavy atom. The van der Waals surface area contributed by atoms with E-state index >= 15 is 0 Å². The van der Waals surface area contributed by atoms with Crippen molar-refractivity contribution < 1.29 is 14.3 Å². The van der Waals surface area contributed by atoms with E-state index in [1.54, 1.807) is 0 Å². The molecular formula is C25H39NO3. The van der Waals surface area contributed by atoms with Gasteiger partial charge in [-0.2, -0.15) is 0 Å². The van der Waals surface area contributed by atoms with Crippen LogP contribution >= 0.6 is 0 Å². The largest absolute Gasteiger partial charge is 0.447 e. The lowest BCUT2D eigenvalue weighted by Gasteiger charge is -2.23. The number of amides is 2. The Kier molecular flexibility index (Phi) is 10.8. The number of benzene rings is 1. The van der Waals surface area contributed by atoms with Gasteiger partial charge in [-0.05, 0) is 18.4 Å². The van der Waals surface area contributed by atoms with E-state index in [0.29, 0.717) is 13.0 Å². The maximum atomic E-state index is 12.9. The lowest BCUT2D eigenvalue weighted by molar-refractivity contribution is -0.133. The molecule has 1 aromatic carbocycles. The summed E-state index contributed by atoms with van der Waals surface area (Å²) >= 11 is 0. The summed E-state index contributed by atoms with van der Waals surface area (Å²) in [4.78, 5) is 26.4. The van der Waals surface area contributed by atoms with Crippen LogP contribution in [0.25, 0.3) is 0 Å². The lowest BCUT2D eigenvalue weighted by atomic mass is 9.99. The van der Waals surface area contributed by atoms with Gasteiger partial charge >= 0.3 is 6.09 Å². The Balaban J connectivity index is 1.65. The second kappa shape index (κ2) is 13.4. The number of rotatable bonds is 14. The highest BCUT2D eigenvalue weighted by molar-refractivity contribution is 5.94.